The van der Waals surface area contributed by atoms with Gasteiger partial charge in [-0.15, -0.1) is 0 Å². The van der Waals surface area contributed by atoms with Gasteiger partial charge in [0.15, 0.2) is 0 Å². The van der Waals surface area contributed by atoms with Crippen molar-refractivity contribution in [2.24, 2.45) is 0 Å². The van der Waals surface area contributed by atoms with E-state index in [9.17, 15) is 5.11 Å². The van der Waals surface area contributed by atoms with E-state index in [0.29, 0.717) is 5.02 Å². The molecule has 2 unspecified atom stereocenters. The number of nitrogens with zero attached hydrogens (tertiary/aromatic N) is 1. The molecule has 2 rings (SSSR count). The van der Waals surface area contributed by atoms with Gasteiger partial charge in [0.05, 0.1) is 11.6 Å². The summed E-state index contributed by atoms with van der Waals surface area (Å²) < 4.78 is 0. The fraction of sp³-hybridized carbons (Fsp3) is 0.308. The third-order valence-electron chi connectivity index (χ3n) is 2.95. The minimum Gasteiger partial charge on any atom is -0.393 e. The monoisotopic (exact) mass is 235 g/mol. The molecule has 2 atom stereocenters. The zero-order chi connectivity index (χ0) is 11.7. The molecule has 1 aromatic heterocycles. The minimum absolute atomic E-state index is 0.0895. The average molecular weight is 236 g/mol. The van der Waals surface area contributed by atoms with E-state index >= 15 is 0 Å². The van der Waals surface area contributed by atoms with Crippen molar-refractivity contribution in [1.82, 2.24) is 4.98 Å². The van der Waals surface area contributed by atoms with Crippen LogP contribution in [0.15, 0.2) is 30.5 Å². The van der Waals surface area contributed by atoms with Gasteiger partial charge in [-0.2, -0.15) is 0 Å². The summed E-state index contributed by atoms with van der Waals surface area (Å²) in [7, 11) is 0. The van der Waals surface area contributed by atoms with Gasteiger partial charge in [0.1, 0.15) is 0 Å². The molecule has 1 heterocycles. The molecule has 0 aliphatic rings. The first-order valence-electron chi connectivity index (χ1n) is 5.32. The van der Waals surface area contributed by atoms with Gasteiger partial charge >= 0.3 is 0 Å². The Kier molecular flexibility index (Phi) is 3.13. The predicted molar refractivity (Wildman–Crippen MR) is 66.8 cm³/mol. The summed E-state index contributed by atoms with van der Waals surface area (Å²) in [5, 5.41) is 11.4. The van der Waals surface area contributed by atoms with Gasteiger partial charge in [0, 0.05) is 22.5 Å². The average Bonchev–Trinajstić information content (AvgIpc) is 2.26. The summed E-state index contributed by atoms with van der Waals surface area (Å²) >= 11 is 5.92. The number of aliphatic hydroxyl groups is 1. The second kappa shape index (κ2) is 4.40. The van der Waals surface area contributed by atoms with Gasteiger partial charge in [0.25, 0.3) is 0 Å². The lowest BCUT2D eigenvalue weighted by Gasteiger charge is -2.16. The Balaban J connectivity index is 2.62. The minimum atomic E-state index is -0.374. The Labute approximate surface area is 99.9 Å². The molecule has 2 nitrogen and oxygen atoms in total. The van der Waals surface area contributed by atoms with Crippen LogP contribution in [0.25, 0.3) is 10.9 Å². The van der Waals surface area contributed by atoms with Gasteiger partial charge in [-0.3, -0.25) is 4.98 Å². The van der Waals surface area contributed by atoms with Crippen LogP contribution in [-0.2, 0) is 0 Å². The van der Waals surface area contributed by atoms with Crippen molar-refractivity contribution in [3.8, 4) is 0 Å². The van der Waals surface area contributed by atoms with Crippen LogP contribution in [0.2, 0.25) is 5.02 Å². The molecule has 0 aliphatic carbocycles. The van der Waals surface area contributed by atoms with Crippen LogP contribution in [0.4, 0.5) is 0 Å². The number of hydrogen-bond acceptors (Lipinski definition) is 2. The van der Waals surface area contributed by atoms with Crippen LogP contribution in [0.1, 0.15) is 25.3 Å². The Morgan fingerprint density at radius 1 is 1.25 bits per heavy atom. The smallest absolute Gasteiger partial charge is 0.0719 e. The standard InChI is InChI=1S/C13H14ClNO/c1-8(9(2)16)11-5-6-15-13-7-10(14)3-4-12(11)13/h3-9,16H,1-2H3. The van der Waals surface area contributed by atoms with Crippen molar-refractivity contribution >= 4 is 22.5 Å². The molecule has 16 heavy (non-hydrogen) atoms. The van der Waals surface area contributed by atoms with E-state index in [-0.39, 0.29) is 12.0 Å². The first-order valence-corrected chi connectivity index (χ1v) is 5.69. The van der Waals surface area contributed by atoms with Crippen molar-refractivity contribution in [2.45, 2.75) is 25.9 Å². The Morgan fingerprint density at radius 2 is 2.00 bits per heavy atom. The fourth-order valence-corrected chi connectivity index (χ4v) is 1.97. The van der Waals surface area contributed by atoms with Gasteiger partial charge in [-0.05, 0) is 30.7 Å². The molecule has 0 aliphatic heterocycles. The van der Waals surface area contributed by atoms with Gasteiger partial charge < -0.3 is 5.11 Å². The molecule has 0 fully saturated rings. The van der Waals surface area contributed by atoms with Gasteiger partial charge in [0.2, 0.25) is 0 Å². The van der Waals surface area contributed by atoms with Crippen molar-refractivity contribution in [2.75, 3.05) is 0 Å². The number of rotatable bonds is 2. The summed E-state index contributed by atoms with van der Waals surface area (Å²) in [6.07, 6.45) is 1.38. The van der Waals surface area contributed by atoms with Crippen molar-refractivity contribution in [1.29, 1.82) is 0 Å². The van der Waals surface area contributed by atoms with E-state index in [1.54, 1.807) is 13.1 Å². The van der Waals surface area contributed by atoms with Crippen LogP contribution >= 0.6 is 11.6 Å². The topological polar surface area (TPSA) is 33.1 Å². The Bertz CT molecular complexity index is 510. The molecular formula is C13H14ClNO. The van der Waals surface area contributed by atoms with E-state index < -0.39 is 0 Å². The number of pyridine rings is 1. The number of hydrogen-bond donors (Lipinski definition) is 1. The van der Waals surface area contributed by atoms with E-state index in [2.05, 4.69) is 4.98 Å². The summed E-state index contributed by atoms with van der Waals surface area (Å²) in [5.74, 6) is 0.0895. The summed E-state index contributed by atoms with van der Waals surface area (Å²) in [6.45, 7) is 3.81. The first kappa shape index (κ1) is 11.4. The first-order chi connectivity index (χ1) is 7.59. The van der Waals surface area contributed by atoms with Crippen LogP contribution in [-0.4, -0.2) is 16.2 Å². The highest BCUT2D eigenvalue weighted by molar-refractivity contribution is 6.31. The molecule has 0 radical (unpaired) electrons. The second-order valence-electron chi connectivity index (χ2n) is 4.09. The lowest BCUT2D eigenvalue weighted by molar-refractivity contribution is 0.169. The maximum atomic E-state index is 9.64. The molecule has 0 bridgehead atoms. The molecule has 1 aromatic carbocycles. The van der Waals surface area contributed by atoms with E-state index in [4.69, 9.17) is 11.6 Å². The SMILES string of the molecule is CC(O)C(C)c1ccnc2cc(Cl)ccc12. The normalized spacial score (nSPS) is 15.0. The highest BCUT2D eigenvalue weighted by atomic mass is 35.5. The quantitative estimate of drug-likeness (QED) is 0.866. The molecule has 0 spiro atoms. The van der Waals surface area contributed by atoms with Crippen molar-refractivity contribution in [3.05, 3.63) is 41.0 Å². The predicted octanol–water partition coefficient (Wildman–Crippen LogP) is 3.37. The van der Waals surface area contributed by atoms with Crippen LogP contribution in [0.3, 0.4) is 0 Å². The molecule has 0 saturated heterocycles. The second-order valence-corrected chi connectivity index (χ2v) is 4.53. The molecule has 84 valence electrons. The maximum absolute atomic E-state index is 9.64. The molecular weight excluding hydrogens is 222 g/mol. The highest BCUT2D eigenvalue weighted by Crippen LogP contribution is 2.27. The number of benzene rings is 1. The molecule has 2 aromatic rings. The molecule has 0 amide bonds. The number of aliphatic hydroxyl groups excluding tert-OH is 1. The Morgan fingerprint density at radius 3 is 2.69 bits per heavy atom. The van der Waals surface area contributed by atoms with E-state index in [1.807, 2.05) is 31.2 Å². The lowest BCUT2D eigenvalue weighted by Crippen LogP contribution is -2.11. The van der Waals surface area contributed by atoms with Gasteiger partial charge in [-0.25, -0.2) is 0 Å². The maximum Gasteiger partial charge on any atom is 0.0719 e. The third kappa shape index (κ3) is 2.04. The van der Waals surface area contributed by atoms with Crippen LogP contribution < -0.4 is 0 Å². The largest absolute Gasteiger partial charge is 0.393 e. The summed E-state index contributed by atoms with van der Waals surface area (Å²) in [4.78, 5) is 4.28. The van der Waals surface area contributed by atoms with E-state index in [1.165, 1.54) is 0 Å². The number of fused-ring (bicyclic) bond motifs is 1. The molecule has 1 N–H and O–H groups in total. The van der Waals surface area contributed by atoms with Crippen molar-refractivity contribution in [3.63, 3.8) is 0 Å². The van der Waals surface area contributed by atoms with E-state index in [0.717, 1.165) is 16.5 Å². The summed E-state index contributed by atoms with van der Waals surface area (Å²) in [6, 6.07) is 7.60. The number of aromatic nitrogens is 1. The molecule has 3 heteroatoms. The van der Waals surface area contributed by atoms with Crippen LogP contribution in [0, 0.1) is 0 Å². The Hall–Kier alpha value is -1.12. The zero-order valence-electron chi connectivity index (χ0n) is 9.31. The summed E-state index contributed by atoms with van der Waals surface area (Å²) in [5.41, 5.74) is 1.98. The number of halogens is 1. The third-order valence-corrected chi connectivity index (χ3v) is 3.19. The fourth-order valence-electron chi connectivity index (χ4n) is 1.80. The highest BCUT2D eigenvalue weighted by Gasteiger charge is 2.14. The van der Waals surface area contributed by atoms with Crippen molar-refractivity contribution < 1.29 is 5.11 Å². The molecule has 0 saturated carbocycles. The van der Waals surface area contributed by atoms with Crippen LogP contribution in [0.5, 0.6) is 0 Å². The zero-order valence-corrected chi connectivity index (χ0v) is 10.1. The lowest BCUT2D eigenvalue weighted by atomic mass is 9.93. The van der Waals surface area contributed by atoms with Gasteiger partial charge in [-0.1, -0.05) is 24.6 Å².